The fourth-order valence-corrected chi connectivity index (χ4v) is 4.50. The average molecular weight is 489 g/mol. The van der Waals surface area contributed by atoms with Crippen molar-refractivity contribution in [1.82, 2.24) is 14.9 Å². The van der Waals surface area contributed by atoms with E-state index in [1.165, 1.54) is 0 Å². The van der Waals surface area contributed by atoms with Crippen molar-refractivity contribution in [2.75, 3.05) is 29.9 Å². The first kappa shape index (κ1) is 24.5. The van der Waals surface area contributed by atoms with Crippen LogP contribution in [0.3, 0.4) is 0 Å². The smallest absolute Gasteiger partial charge is 0.341 e. The second-order valence-electron chi connectivity index (χ2n) is 8.85. The van der Waals surface area contributed by atoms with Crippen LogP contribution >= 0.6 is 0 Å². The van der Waals surface area contributed by atoms with Crippen molar-refractivity contribution in [1.29, 1.82) is 0 Å². The minimum atomic E-state index is -1.56. The third-order valence-corrected chi connectivity index (χ3v) is 5.93. The van der Waals surface area contributed by atoms with Crippen LogP contribution in [0, 0.1) is 24.4 Å². The summed E-state index contributed by atoms with van der Waals surface area (Å²) >= 11 is 0. The zero-order valence-corrected chi connectivity index (χ0v) is 19.7. The predicted molar refractivity (Wildman–Crippen MR) is 127 cm³/mol. The number of anilines is 2. The number of aryl methyl sites for hydroxylation is 1. The number of pyridine rings is 2. The maximum atomic E-state index is 15.3. The van der Waals surface area contributed by atoms with Crippen LogP contribution in [-0.2, 0) is 0 Å². The minimum absolute atomic E-state index is 0.0946. The number of hydrogen-bond donors (Lipinski definition) is 3. The number of nitrogens with one attached hydrogen (secondary N) is 2. The Morgan fingerprint density at radius 3 is 2.49 bits per heavy atom. The van der Waals surface area contributed by atoms with Crippen LogP contribution in [-0.4, -0.2) is 52.3 Å². The second-order valence-corrected chi connectivity index (χ2v) is 8.85. The number of rotatable bonds is 7. The molecule has 3 N–H and O–H groups in total. The van der Waals surface area contributed by atoms with Crippen molar-refractivity contribution in [3.8, 4) is 5.82 Å². The molecule has 3 aromatic rings. The van der Waals surface area contributed by atoms with Gasteiger partial charge in [-0.1, -0.05) is 13.8 Å². The zero-order chi connectivity index (χ0) is 25.6. The van der Waals surface area contributed by atoms with Crippen LogP contribution in [0.1, 0.15) is 36.7 Å². The van der Waals surface area contributed by atoms with Gasteiger partial charge in [-0.05, 0) is 19.9 Å². The lowest BCUT2D eigenvalue weighted by molar-refractivity contribution is 0.0695. The zero-order valence-electron chi connectivity index (χ0n) is 19.7. The van der Waals surface area contributed by atoms with E-state index in [0.717, 1.165) is 16.8 Å². The molecule has 0 aliphatic carbocycles. The Balaban J connectivity index is 1.99. The summed E-state index contributed by atoms with van der Waals surface area (Å²) in [5, 5.41) is 15.4. The lowest BCUT2D eigenvalue weighted by Gasteiger charge is -2.43. The molecular formula is C24H26F3N5O3. The molecule has 3 heterocycles. The summed E-state index contributed by atoms with van der Waals surface area (Å²) in [5.74, 6) is -4.90. The molecule has 1 saturated heterocycles. The van der Waals surface area contributed by atoms with Gasteiger partial charge < -0.3 is 20.6 Å². The Morgan fingerprint density at radius 2 is 1.89 bits per heavy atom. The standard InChI is InChI=1S/C24H26F3N5O3/c1-5-28-22-17(26)7-18(27)23(30-22)32-10-15(24(34)35)21(33)14-6-16(25)20(12(4)19(14)32)31-8-13(9-31)29-11(2)3/h6-7,10-11,13,29H,5,8-9H2,1-4H3,(H,28,30)(H,34,35). The highest BCUT2D eigenvalue weighted by Gasteiger charge is 2.32. The van der Waals surface area contributed by atoms with Crippen LogP contribution in [0.4, 0.5) is 24.7 Å². The summed E-state index contributed by atoms with van der Waals surface area (Å²) in [6.45, 7) is 8.64. The molecular weight excluding hydrogens is 463 g/mol. The van der Waals surface area contributed by atoms with Crippen molar-refractivity contribution >= 4 is 28.4 Å². The Hall–Kier alpha value is -3.60. The van der Waals surface area contributed by atoms with Gasteiger partial charge in [-0.2, -0.15) is 0 Å². The molecule has 1 aromatic carbocycles. The first-order valence-electron chi connectivity index (χ1n) is 11.3. The topological polar surface area (TPSA) is 99.5 Å². The van der Waals surface area contributed by atoms with Crippen LogP contribution in [0.5, 0.6) is 0 Å². The first-order chi connectivity index (χ1) is 16.5. The summed E-state index contributed by atoms with van der Waals surface area (Å²) in [6.07, 6.45) is 0.944. The highest BCUT2D eigenvalue weighted by molar-refractivity contribution is 5.96. The van der Waals surface area contributed by atoms with Gasteiger partial charge in [0.25, 0.3) is 0 Å². The number of nitrogens with zero attached hydrogens (tertiary/aromatic N) is 3. The second kappa shape index (κ2) is 9.21. The number of fused-ring (bicyclic) bond motifs is 1. The van der Waals surface area contributed by atoms with Gasteiger partial charge in [-0.3, -0.25) is 9.36 Å². The minimum Gasteiger partial charge on any atom is -0.477 e. The number of aromatic nitrogens is 2. The van der Waals surface area contributed by atoms with Crippen molar-refractivity contribution < 1.29 is 23.1 Å². The molecule has 1 aliphatic rings. The molecule has 11 heteroatoms. The van der Waals surface area contributed by atoms with E-state index >= 15 is 4.39 Å². The van der Waals surface area contributed by atoms with Gasteiger partial charge in [-0.15, -0.1) is 0 Å². The van der Waals surface area contributed by atoms with Gasteiger partial charge >= 0.3 is 5.97 Å². The maximum Gasteiger partial charge on any atom is 0.341 e. The predicted octanol–water partition coefficient (Wildman–Crippen LogP) is 3.43. The summed E-state index contributed by atoms with van der Waals surface area (Å²) in [5.41, 5.74) is -0.964. The molecule has 186 valence electrons. The molecule has 1 aliphatic heterocycles. The molecule has 0 radical (unpaired) electrons. The normalized spacial score (nSPS) is 14.0. The van der Waals surface area contributed by atoms with E-state index in [1.807, 2.05) is 13.8 Å². The lowest BCUT2D eigenvalue weighted by atomic mass is 10.00. The average Bonchev–Trinajstić information content (AvgIpc) is 2.74. The lowest BCUT2D eigenvalue weighted by Crippen LogP contribution is -2.60. The number of carboxylic acid groups (broad SMARTS) is 1. The van der Waals surface area contributed by atoms with E-state index in [-0.39, 0.29) is 34.5 Å². The van der Waals surface area contributed by atoms with Crippen molar-refractivity contribution in [3.63, 3.8) is 0 Å². The highest BCUT2D eigenvalue weighted by atomic mass is 19.1. The van der Waals surface area contributed by atoms with Gasteiger partial charge in [0, 0.05) is 49.5 Å². The molecule has 0 atom stereocenters. The molecule has 0 saturated carbocycles. The Morgan fingerprint density at radius 1 is 1.20 bits per heavy atom. The quantitative estimate of drug-likeness (QED) is 0.468. The largest absolute Gasteiger partial charge is 0.477 e. The third kappa shape index (κ3) is 4.31. The van der Waals surface area contributed by atoms with E-state index in [9.17, 15) is 23.5 Å². The van der Waals surface area contributed by atoms with E-state index < -0.39 is 40.2 Å². The Labute approximate surface area is 199 Å². The molecule has 0 bridgehead atoms. The van der Waals surface area contributed by atoms with E-state index in [1.54, 1.807) is 18.7 Å². The van der Waals surface area contributed by atoms with Gasteiger partial charge in [0.1, 0.15) is 11.4 Å². The molecule has 0 amide bonds. The Kier molecular flexibility index (Phi) is 6.46. The maximum absolute atomic E-state index is 15.3. The number of halogens is 3. The van der Waals surface area contributed by atoms with Crippen LogP contribution in [0.25, 0.3) is 16.7 Å². The molecule has 0 unspecified atom stereocenters. The van der Waals surface area contributed by atoms with Crippen molar-refractivity contribution in [2.24, 2.45) is 0 Å². The van der Waals surface area contributed by atoms with Crippen molar-refractivity contribution in [2.45, 2.75) is 39.8 Å². The Bertz CT molecular complexity index is 1380. The fourth-order valence-electron chi connectivity index (χ4n) is 4.50. The van der Waals surface area contributed by atoms with Gasteiger partial charge in [0.15, 0.2) is 23.3 Å². The van der Waals surface area contributed by atoms with Gasteiger partial charge in [0.05, 0.1) is 16.6 Å². The molecule has 4 rings (SSSR count). The number of carboxylic acids is 1. The van der Waals surface area contributed by atoms with Gasteiger partial charge in [0.2, 0.25) is 5.43 Å². The number of benzene rings is 1. The third-order valence-electron chi connectivity index (χ3n) is 5.93. The van der Waals surface area contributed by atoms with Gasteiger partial charge in [-0.25, -0.2) is 22.9 Å². The molecule has 1 fully saturated rings. The first-order valence-corrected chi connectivity index (χ1v) is 11.3. The monoisotopic (exact) mass is 489 g/mol. The summed E-state index contributed by atoms with van der Waals surface area (Å²) < 4.78 is 45.5. The summed E-state index contributed by atoms with van der Waals surface area (Å²) in [7, 11) is 0. The van der Waals surface area contributed by atoms with E-state index in [2.05, 4.69) is 15.6 Å². The van der Waals surface area contributed by atoms with E-state index in [4.69, 9.17) is 0 Å². The summed E-state index contributed by atoms with van der Waals surface area (Å²) in [4.78, 5) is 30.5. The number of carbonyl (C=O) groups is 1. The molecule has 8 nitrogen and oxygen atoms in total. The SMILES string of the molecule is CCNc1nc(-n2cc(C(=O)O)c(=O)c3cc(F)c(N4CC(NC(C)C)C4)c(C)c32)c(F)cc1F. The highest BCUT2D eigenvalue weighted by Crippen LogP contribution is 2.35. The molecule has 0 spiro atoms. The fraction of sp³-hybridized carbons (Fsp3) is 0.375. The number of hydrogen-bond acceptors (Lipinski definition) is 6. The van der Waals surface area contributed by atoms with Crippen LogP contribution in [0.2, 0.25) is 0 Å². The molecule has 2 aromatic heterocycles. The van der Waals surface area contributed by atoms with Crippen LogP contribution < -0.4 is 21.0 Å². The molecule has 35 heavy (non-hydrogen) atoms. The van der Waals surface area contributed by atoms with Crippen molar-refractivity contribution in [3.05, 3.63) is 57.1 Å². The summed E-state index contributed by atoms with van der Waals surface area (Å²) in [6, 6.07) is 2.00. The number of aromatic carboxylic acids is 1. The van der Waals surface area contributed by atoms with Crippen LogP contribution in [0.15, 0.2) is 23.1 Å². The van der Waals surface area contributed by atoms with E-state index in [0.29, 0.717) is 31.3 Å².